The van der Waals surface area contributed by atoms with Crippen LogP contribution in [0.4, 0.5) is 5.82 Å². The minimum atomic E-state index is -0.393. The molecule has 0 aliphatic rings. The van der Waals surface area contributed by atoms with Crippen LogP contribution >= 0.6 is 23.2 Å². The minimum absolute atomic E-state index is 0.179. The Balaban J connectivity index is 1.41. The Bertz CT molecular complexity index is 1340. The zero-order valence-corrected chi connectivity index (χ0v) is 21.6. The second-order valence-electron chi connectivity index (χ2n) is 8.73. The largest absolute Gasteiger partial charge is 0.485 e. The monoisotopic (exact) mass is 511 g/mol. The highest BCUT2D eigenvalue weighted by molar-refractivity contribution is 6.35. The number of aromatic nitrogens is 2. The number of hydrogen-bond donors (Lipinski definition) is 1. The summed E-state index contributed by atoms with van der Waals surface area (Å²) < 4.78 is 13.5. The van der Waals surface area contributed by atoms with Crippen molar-refractivity contribution in [2.24, 2.45) is 0 Å². The van der Waals surface area contributed by atoms with Crippen LogP contribution in [0.25, 0.3) is 0 Å². The summed E-state index contributed by atoms with van der Waals surface area (Å²) in [5.41, 5.74) is 3.87. The summed E-state index contributed by atoms with van der Waals surface area (Å²) in [7, 11) is 0. The van der Waals surface area contributed by atoms with Crippen molar-refractivity contribution in [1.29, 1.82) is 0 Å². The van der Waals surface area contributed by atoms with Crippen LogP contribution in [0.3, 0.4) is 0 Å². The van der Waals surface area contributed by atoms with Gasteiger partial charge in [0.15, 0.2) is 11.6 Å². The van der Waals surface area contributed by atoms with Crippen LogP contribution in [0.5, 0.6) is 5.75 Å². The maximum absolute atomic E-state index is 12.7. The van der Waals surface area contributed by atoms with E-state index in [-0.39, 0.29) is 12.4 Å². The third-order valence-electron chi connectivity index (χ3n) is 5.64. The topological polar surface area (TPSA) is 69.3 Å². The molecule has 0 aliphatic heterocycles. The molecule has 0 unspecified atom stereocenters. The molecule has 4 rings (SSSR count). The highest BCUT2D eigenvalue weighted by Crippen LogP contribution is 2.29. The highest BCUT2D eigenvalue weighted by atomic mass is 35.5. The number of aryl methyl sites for hydroxylation is 2. The lowest BCUT2D eigenvalue weighted by Crippen LogP contribution is -2.12. The van der Waals surface area contributed by atoms with Gasteiger partial charge in [-0.2, -0.15) is 5.10 Å². The molecule has 4 aromatic rings. The molecule has 2 aromatic carbocycles. The molecular formula is C27H27Cl2N3O3. The number of rotatable bonds is 8. The van der Waals surface area contributed by atoms with Crippen LogP contribution in [0, 0.1) is 13.8 Å². The van der Waals surface area contributed by atoms with Crippen molar-refractivity contribution < 1.29 is 13.9 Å². The number of amides is 1. The molecule has 2 aromatic heterocycles. The lowest BCUT2D eigenvalue weighted by molar-refractivity contribution is 0.0992. The average Bonchev–Trinajstić information content (AvgIpc) is 3.41. The third kappa shape index (κ3) is 5.89. The van der Waals surface area contributed by atoms with Gasteiger partial charge in [0, 0.05) is 27.4 Å². The van der Waals surface area contributed by atoms with Gasteiger partial charge in [-0.25, -0.2) is 0 Å². The van der Waals surface area contributed by atoms with Crippen molar-refractivity contribution in [1.82, 2.24) is 9.78 Å². The van der Waals surface area contributed by atoms with Crippen LogP contribution in [0.15, 0.2) is 59.0 Å². The van der Waals surface area contributed by atoms with Gasteiger partial charge in [-0.15, -0.1) is 0 Å². The first-order chi connectivity index (χ1) is 16.7. The molecular weight excluding hydrogens is 485 g/mol. The number of hydrogen-bond acceptors (Lipinski definition) is 4. The quantitative estimate of drug-likeness (QED) is 0.267. The lowest BCUT2D eigenvalue weighted by atomic mass is 10.0. The normalized spacial score (nSPS) is 11.2. The molecule has 0 atom stereocenters. The number of anilines is 1. The first-order valence-electron chi connectivity index (χ1n) is 11.3. The SMILES string of the molecule is Cc1ccc(C(C)C)c(OCc2ccc(C(=O)Nc3cc(C)n(Cc4c(Cl)cccc4Cl)n3)o2)c1. The Labute approximate surface area is 214 Å². The summed E-state index contributed by atoms with van der Waals surface area (Å²) in [6.07, 6.45) is 0. The van der Waals surface area contributed by atoms with Crippen molar-refractivity contribution in [2.75, 3.05) is 5.32 Å². The zero-order chi connectivity index (χ0) is 25.1. The van der Waals surface area contributed by atoms with Crippen LogP contribution < -0.4 is 10.1 Å². The van der Waals surface area contributed by atoms with Crippen molar-refractivity contribution in [3.8, 4) is 5.75 Å². The van der Waals surface area contributed by atoms with Gasteiger partial charge in [0.25, 0.3) is 5.91 Å². The van der Waals surface area contributed by atoms with E-state index in [0.717, 1.165) is 28.1 Å². The molecule has 0 radical (unpaired) electrons. The Morgan fingerprint density at radius 1 is 1.09 bits per heavy atom. The van der Waals surface area contributed by atoms with Crippen molar-refractivity contribution >= 4 is 34.9 Å². The number of benzene rings is 2. The van der Waals surface area contributed by atoms with Gasteiger partial charge >= 0.3 is 0 Å². The Kier molecular flexibility index (Phi) is 7.53. The first kappa shape index (κ1) is 24.9. The van der Waals surface area contributed by atoms with Gasteiger partial charge in [0.05, 0.1) is 6.54 Å². The van der Waals surface area contributed by atoms with E-state index in [4.69, 9.17) is 32.4 Å². The summed E-state index contributed by atoms with van der Waals surface area (Å²) in [4.78, 5) is 12.7. The fourth-order valence-corrected chi connectivity index (χ4v) is 4.23. The Morgan fingerprint density at radius 2 is 1.83 bits per heavy atom. The zero-order valence-electron chi connectivity index (χ0n) is 20.1. The van der Waals surface area contributed by atoms with Crippen molar-refractivity contribution in [3.05, 3.63) is 98.5 Å². The number of nitrogens with one attached hydrogen (secondary N) is 1. The highest BCUT2D eigenvalue weighted by Gasteiger charge is 2.16. The van der Waals surface area contributed by atoms with Crippen LogP contribution in [-0.2, 0) is 13.2 Å². The van der Waals surface area contributed by atoms with Crippen molar-refractivity contribution in [3.63, 3.8) is 0 Å². The molecule has 0 saturated heterocycles. The first-order valence-corrected chi connectivity index (χ1v) is 12.1. The molecule has 8 heteroatoms. The number of halogens is 2. The number of ether oxygens (including phenoxy) is 1. The molecule has 182 valence electrons. The standard InChI is InChI=1S/C27H27Cl2N3O3/c1-16(2)20-10-8-17(3)12-25(20)34-15-19-9-11-24(35-19)27(33)30-26-13-18(4)32(31-26)14-21-22(28)6-5-7-23(21)29/h5-13,16H,14-15H2,1-4H3,(H,30,31,33). The number of carbonyl (C=O) groups excluding carboxylic acids is 1. The van der Waals surface area contributed by atoms with Gasteiger partial charge in [-0.3, -0.25) is 9.48 Å². The summed E-state index contributed by atoms with van der Waals surface area (Å²) in [5, 5.41) is 8.38. The van der Waals surface area contributed by atoms with E-state index in [0.29, 0.717) is 34.1 Å². The van der Waals surface area contributed by atoms with E-state index >= 15 is 0 Å². The molecule has 0 saturated carbocycles. The molecule has 6 nitrogen and oxygen atoms in total. The molecule has 1 N–H and O–H groups in total. The smallest absolute Gasteiger partial charge is 0.292 e. The van der Waals surface area contributed by atoms with Gasteiger partial charge in [0.2, 0.25) is 0 Å². The predicted octanol–water partition coefficient (Wildman–Crippen LogP) is 7.40. The van der Waals surface area contributed by atoms with Gasteiger partial charge in [-0.1, -0.05) is 55.2 Å². The molecule has 0 fully saturated rings. The van der Waals surface area contributed by atoms with Crippen LogP contribution in [0.2, 0.25) is 10.0 Å². The van der Waals surface area contributed by atoms with E-state index in [2.05, 4.69) is 36.4 Å². The number of carbonyl (C=O) groups is 1. The van der Waals surface area contributed by atoms with E-state index in [1.165, 1.54) is 0 Å². The summed E-state index contributed by atoms with van der Waals surface area (Å²) in [6, 6.07) is 16.7. The Hall–Kier alpha value is -3.22. The molecule has 35 heavy (non-hydrogen) atoms. The Morgan fingerprint density at radius 3 is 2.54 bits per heavy atom. The lowest BCUT2D eigenvalue weighted by Gasteiger charge is -2.14. The summed E-state index contributed by atoms with van der Waals surface area (Å²) in [6.45, 7) is 8.78. The molecule has 0 spiro atoms. The number of furan rings is 1. The maximum Gasteiger partial charge on any atom is 0.292 e. The fraction of sp³-hybridized carbons (Fsp3) is 0.259. The maximum atomic E-state index is 12.7. The van der Waals surface area contributed by atoms with Gasteiger partial charge < -0.3 is 14.5 Å². The molecule has 0 aliphatic carbocycles. The number of nitrogens with zero attached hydrogens (tertiary/aromatic N) is 2. The minimum Gasteiger partial charge on any atom is -0.485 e. The van der Waals surface area contributed by atoms with E-state index in [9.17, 15) is 4.79 Å². The van der Waals surface area contributed by atoms with Crippen LogP contribution in [0.1, 0.15) is 58.5 Å². The second kappa shape index (κ2) is 10.6. The molecule has 1 amide bonds. The molecule has 0 bridgehead atoms. The van der Waals surface area contributed by atoms with Crippen LogP contribution in [-0.4, -0.2) is 15.7 Å². The fourth-order valence-electron chi connectivity index (χ4n) is 3.71. The third-order valence-corrected chi connectivity index (χ3v) is 6.35. The van der Waals surface area contributed by atoms with Gasteiger partial charge in [-0.05, 0) is 61.2 Å². The van der Waals surface area contributed by atoms with E-state index in [1.807, 2.05) is 19.9 Å². The predicted molar refractivity (Wildman–Crippen MR) is 139 cm³/mol. The van der Waals surface area contributed by atoms with E-state index in [1.54, 1.807) is 41.1 Å². The van der Waals surface area contributed by atoms with E-state index < -0.39 is 5.91 Å². The molecule has 2 heterocycles. The average molecular weight is 512 g/mol. The summed E-state index contributed by atoms with van der Waals surface area (Å²) >= 11 is 12.6. The second-order valence-corrected chi connectivity index (χ2v) is 9.55. The van der Waals surface area contributed by atoms with Crippen molar-refractivity contribution in [2.45, 2.75) is 46.8 Å². The van der Waals surface area contributed by atoms with Gasteiger partial charge in [0.1, 0.15) is 18.1 Å². The summed E-state index contributed by atoms with van der Waals surface area (Å²) in [5.74, 6) is 1.91.